The van der Waals surface area contributed by atoms with Gasteiger partial charge in [0, 0.05) is 25.8 Å². The summed E-state index contributed by atoms with van der Waals surface area (Å²) in [5.41, 5.74) is 3.22. The van der Waals surface area contributed by atoms with E-state index in [-0.39, 0.29) is 32.5 Å². The van der Waals surface area contributed by atoms with E-state index < -0.39 is 0 Å². The van der Waals surface area contributed by atoms with E-state index in [0.29, 0.717) is 0 Å². The summed E-state index contributed by atoms with van der Waals surface area (Å²) in [6.07, 6.45) is 1.43. The molecule has 2 heteroatoms. The van der Waals surface area contributed by atoms with Crippen LogP contribution in [-0.2, 0) is 25.8 Å². The van der Waals surface area contributed by atoms with Crippen molar-refractivity contribution < 1.29 is 30.9 Å². The predicted octanol–water partition coefficient (Wildman–Crippen LogP) is 5.77. The molecule has 1 nitrogen and oxygen atoms in total. The third kappa shape index (κ3) is 18.2. The number of rotatable bonds is 1. The van der Waals surface area contributed by atoms with Crippen LogP contribution in [0.4, 0.5) is 0 Å². The maximum Gasteiger partial charge on any atom is 0.0609 e. The van der Waals surface area contributed by atoms with Gasteiger partial charge in [-0.05, 0) is 0 Å². The van der Waals surface area contributed by atoms with E-state index in [1.54, 1.807) is 0 Å². The molecule has 0 spiro atoms. The molecule has 26 heavy (non-hydrogen) atoms. The molecule has 1 N–H and O–H groups in total. The molecule has 0 bridgehead atoms. The molecule has 3 rings (SSSR count). The Morgan fingerprint density at radius 2 is 0.808 bits per heavy atom. The topological polar surface area (TPSA) is 20.2 Å². The fourth-order valence-corrected chi connectivity index (χ4v) is 1.43. The molecule has 0 atom stereocenters. The minimum Gasteiger partial charge on any atom is -0.392 e. The van der Waals surface area contributed by atoms with Crippen LogP contribution in [0.25, 0.3) is 0 Å². The molecule has 0 amide bonds. The first-order valence-electron chi connectivity index (χ1n) is 7.93. The number of benzene rings is 3. The van der Waals surface area contributed by atoms with Crippen molar-refractivity contribution in [2.75, 3.05) is 6.61 Å². The first-order valence-corrected chi connectivity index (χ1v) is 7.93. The Morgan fingerprint density at radius 3 is 0.885 bits per heavy atom. The summed E-state index contributed by atoms with van der Waals surface area (Å²) in [6, 6.07) is 29.6. The van der Waals surface area contributed by atoms with Crippen molar-refractivity contribution in [1.29, 1.82) is 0 Å². The predicted molar refractivity (Wildman–Crippen MR) is 110 cm³/mol. The third-order valence-corrected chi connectivity index (χ3v) is 2.66. The molecular weight excluding hydrogens is 483 g/mol. The summed E-state index contributed by atoms with van der Waals surface area (Å²) < 4.78 is 0. The van der Waals surface area contributed by atoms with E-state index in [1.165, 1.54) is 6.08 Å². The Hall–Kier alpha value is -2.16. The second kappa shape index (κ2) is 19.2. The van der Waals surface area contributed by atoms with Crippen LogP contribution in [0.1, 0.15) is 16.7 Å². The fourth-order valence-electron chi connectivity index (χ4n) is 1.43. The van der Waals surface area contributed by atoms with E-state index in [0.717, 1.165) is 16.7 Å². The molecule has 0 unspecified atom stereocenters. The SMILES string of the molecule is C=CCO.[CH2-]c1ccccc1.[CH2-]c1ccccc1.[CH2-]c1ccccc1.[Hf]. The number of hydrogen-bond acceptors (Lipinski definition) is 1. The van der Waals surface area contributed by atoms with E-state index in [2.05, 4.69) is 27.4 Å². The second-order valence-corrected chi connectivity index (χ2v) is 4.93. The Kier molecular flexibility index (Phi) is 19.2. The van der Waals surface area contributed by atoms with Crippen molar-refractivity contribution in [3.05, 3.63) is 141 Å². The molecule has 0 aliphatic rings. The molecule has 0 radical (unpaired) electrons. The summed E-state index contributed by atoms with van der Waals surface area (Å²) in [4.78, 5) is 0. The normalized spacial score (nSPS) is 7.88. The molecule has 3 aromatic rings. The van der Waals surface area contributed by atoms with Gasteiger partial charge < -0.3 is 5.11 Å². The minimum atomic E-state index is 0. The van der Waals surface area contributed by atoms with Crippen LogP contribution < -0.4 is 0 Å². The molecule has 3 aromatic carbocycles. The van der Waals surface area contributed by atoms with Crippen LogP contribution in [0, 0.1) is 20.8 Å². The van der Waals surface area contributed by atoms with Gasteiger partial charge in [-0.1, -0.05) is 24.3 Å². The van der Waals surface area contributed by atoms with Crippen molar-refractivity contribution in [2.24, 2.45) is 0 Å². The minimum absolute atomic E-state index is 0. The summed E-state index contributed by atoms with van der Waals surface area (Å²) in [5.74, 6) is 0. The summed E-state index contributed by atoms with van der Waals surface area (Å²) in [7, 11) is 0. The third-order valence-electron chi connectivity index (χ3n) is 2.66. The smallest absolute Gasteiger partial charge is 0.0609 e. The van der Waals surface area contributed by atoms with Crippen molar-refractivity contribution in [2.45, 2.75) is 0 Å². The van der Waals surface area contributed by atoms with Gasteiger partial charge in [0.15, 0.2) is 0 Å². The van der Waals surface area contributed by atoms with Crippen LogP contribution in [0.3, 0.4) is 0 Å². The molecule has 136 valence electrons. The van der Waals surface area contributed by atoms with Gasteiger partial charge in [0.05, 0.1) is 6.61 Å². The van der Waals surface area contributed by atoms with Gasteiger partial charge in [0.1, 0.15) is 0 Å². The van der Waals surface area contributed by atoms with E-state index in [4.69, 9.17) is 5.11 Å². The number of hydrogen-bond donors (Lipinski definition) is 1. The Balaban J connectivity index is 0. The Labute approximate surface area is 178 Å². The van der Waals surface area contributed by atoms with Crippen LogP contribution in [0.5, 0.6) is 0 Å². The van der Waals surface area contributed by atoms with Gasteiger partial charge in [-0.25, -0.2) is 0 Å². The van der Waals surface area contributed by atoms with Crippen molar-refractivity contribution >= 4 is 0 Å². The van der Waals surface area contributed by atoms with Gasteiger partial charge in [0.25, 0.3) is 0 Å². The van der Waals surface area contributed by atoms with Gasteiger partial charge in [0.2, 0.25) is 0 Å². The number of aliphatic hydroxyl groups excluding tert-OH is 1. The zero-order chi connectivity index (χ0) is 18.8. The molecule has 0 aromatic heterocycles. The monoisotopic (exact) mass is 511 g/mol. The summed E-state index contributed by atoms with van der Waals surface area (Å²) in [5, 5.41) is 7.76. The molecule has 0 saturated carbocycles. The molecule has 0 heterocycles. The van der Waals surface area contributed by atoms with Gasteiger partial charge in [-0.3, -0.25) is 0 Å². The average Bonchev–Trinajstić information content (AvgIpc) is 2.65. The van der Waals surface area contributed by atoms with Gasteiger partial charge in [-0.2, -0.15) is 73.9 Å². The standard InChI is InChI=1S/3C7H7.C3H6O.Hf/c3*1-7-5-3-2-4-6-7;1-2-3-4;/h3*2-6H,1H2;2,4H,1,3H2;/q3*-1;;. The Morgan fingerprint density at radius 1 is 0.615 bits per heavy atom. The van der Waals surface area contributed by atoms with Crippen LogP contribution in [-0.4, -0.2) is 11.7 Å². The summed E-state index contributed by atoms with van der Waals surface area (Å²) in [6.45, 7) is 14.5. The van der Waals surface area contributed by atoms with Crippen LogP contribution in [0.2, 0.25) is 0 Å². The van der Waals surface area contributed by atoms with Gasteiger partial charge >= 0.3 is 0 Å². The molecule has 0 aliphatic heterocycles. The fraction of sp³-hybridized carbons (Fsp3) is 0.0417. The number of aliphatic hydroxyl groups is 1. The quantitative estimate of drug-likeness (QED) is 0.251. The van der Waals surface area contributed by atoms with Crippen molar-refractivity contribution in [3.8, 4) is 0 Å². The molecule has 0 fully saturated rings. The average molecular weight is 510 g/mol. The maximum atomic E-state index is 7.76. The Bertz CT molecular complexity index is 548. The maximum absolute atomic E-state index is 7.76. The second-order valence-electron chi connectivity index (χ2n) is 4.93. The molecule has 0 aliphatic carbocycles. The first kappa shape index (κ1) is 26.1. The van der Waals surface area contributed by atoms with E-state index in [9.17, 15) is 0 Å². The zero-order valence-electron chi connectivity index (χ0n) is 15.2. The van der Waals surface area contributed by atoms with Gasteiger partial charge in [-0.15, -0.1) is 43.0 Å². The van der Waals surface area contributed by atoms with Crippen molar-refractivity contribution in [1.82, 2.24) is 0 Å². The summed E-state index contributed by atoms with van der Waals surface area (Å²) >= 11 is 0. The first-order chi connectivity index (χ1) is 12.1. The molecule has 0 saturated heterocycles. The van der Waals surface area contributed by atoms with E-state index >= 15 is 0 Å². The van der Waals surface area contributed by atoms with Crippen molar-refractivity contribution in [3.63, 3.8) is 0 Å². The van der Waals surface area contributed by atoms with E-state index in [1.807, 2.05) is 91.0 Å². The van der Waals surface area contributed by atoms with Crippen LogP contribution in [0.15, 0.2) is 104 Å². The molecular formula is C24H27HfO-3. The van der Waals surface area contributed by atoms with Crippen LogP contribution >= 0.6 is 0 Å². The largest absolute Gasteiger partial charge is 0.392 e. The zero-order valence-corrected chi connectivity index (χ0v) is 18.8.